The van der Waals surface area contributed by atoms with Gasteiger partial charge in [-0.3, -0.25) is 10.1 Å². The second-order valence-corrected chi connectivity index (χ2v) is 8.46. The van der Waals surface area contributed by atoms with Gasteiger partial charge in [0, 0.05) is 12.1 Å². The highest BCUT2D eigenvalue weighted by molar-refractivity contribution is 5.98. The van der Waals surface area contributed by atoms with Crippen molar-refractivity contribution in [3.8, 4) is 5.75 Å². The van der Waals surface area contributed by atoms with Gasteiger partial charge in [0.15, 0.2) is 5.58 Å². The summed E-state index contributed by atoms with van der Waals surface area (Å²) in [5.41, 5.74) is 2.74. The number of oxazole rings is 1. The Labute approximate surface area is 173 Å². The summed E-state index contributed by atoms with van der Waals surface area (Å²) in [7, 11) is 0. The van der Waals surface area contributed by atoms with E-state index in [2.05, 4.69) is 21.7 Å². The molecular weight excluding hydrogens is 380 g/mol. The number of nitrogens with one attached hydrogen (secondary N) is 2. The zero-order valence-corrected chi connectivity index (χ0v) is 16.7. The van der Waals surface area contributed by atoms with E-state index in [9.17, 15) is 9.90 Å². The molecule has 3 N–H and O–H groups in total. The second kappa shape index (κ2) is 6.73. The van der Waals surface area contributed by atoms with Gasteiger partial charge in [-0.15, -0.1) is 0 Å². The molecule has 1 aromatic heterocycles. The summed E-state index contributed by atoms with van der Waals surface area (Å²) in [5.74, 6) is 0.295. The molecule has 30 heavy (non-hydrogen) atoms. The number of ketones is 1. The zero-order chi connectivity index (χ0) is 20.9. The minimum Gasteiger partial charge on any atom is -0.508 e. The van der Waals surface area contributed by atoms with Crippen LogP contribution in [0.1, 0.15) is 31.9 Å². The minimum atomic E-state index is -0.458. The molecule has 0 fully saturated rings. The molecule has 0 saturated carbocycles. The Bertz CT molecular complexity index is 1170. The number of para-hydroxylation sites is 2. The number of phenols is 1. The third-order valence-electron chi connectivity index (χ3n) is 5.44. The lowest BCUT2D eigenvalue weighted by Crippen LogP contribution is -2.45. The van der Waals surface area contributed by atoms with Gasteiger partial charge in [0.25, 0.3) is 0 Å². The van der Waals surface area contributed by atoms with E-state index in [0.717, 1.165) is 16.8 Å². The Morgan fingerprint density at radius 1 is 1.20 bits per heavy atom. The summed E-state index contributed by atoms with van der Waals surface area (Å²) >= 11 is 0. The SMILES string of the molecule is CC1(C)C=C2NC(Nc3nc4ccccc4o3)=N[C@@H](c3cccc(O)c3)[C@@H]2C(=O)C1. The van der Waals surface area contributed by atoms with Gasteiger partial charge in [-0.25, -0.2) is 4.99 Å². The molecule has 7 heteroatoms. The van der Waals surface area contributed by atoms with Crippen LogP contribution in [0.2, 0.25) is 0 Å². The lowest BCUT2D eigenvalue weighted by atomic mass is 9.72. The number of hydrogen-bond acceptors (Lipinski definition) is 7. The molecule has 0 spiro atoms. The molecule has 0 saturated heterocycles. The number of nitrogens with zero attached hydrogens (tertiary/aromatic N) is 2. The van der Waals surface area contributed by atoms with E-state index in [-0.39, 0.29) is 16.9 Å². The number of aromatic hydroxyl groups is 1. The largest absolute Gasteiger partial charge is 0.508 e. The first kappa shape index (κ1) is 18.4. The number of benzene rings is 2. The molecular formula is C23H22N4O3. The normalized spacial score (nSPS) is 22.7. The first-order chi connectivity index (χ1) is 14.4. The van der Waals surface area contributed by atoms with Crippen LogP contribution in [0.25, 0.3) is 11.1 Å². The minimum absolute atomic E-state index is 0.128. The number of aromatic nitrogens is 1. The smallest absolute Gasteiger partial charge is 0.302 e. The quantitative estimate of drug-likeness (QED) is 0.596. The summed E-state index contributed by atoms with van der Waals surface area (Å²) in [6.45, 7) is 4.08. The number of Topliss-reactive ketones (excluding diaryl/α,β-unsaturated/α-hetero) is 1. The number of allylic oxidation sites excluding steroid dienone is 1. The topological polar surface area (TPSA) is 99.8 Å². The maximum absolute atomic E-state index is 13.0. The van der Waals surface area contributed by atoms with Crippen LogP contribution in [0.15, 0.2) is 69.7 Å². The van der Waals surface area contributed by atoms with Crippen LogP contribution >= 0.6 is 0 Å². The number of aliphatic imine (C=N–C) groups is 1. The number of hydrogen-bond donors (Lipinski definition) is 3. The average Bonchev–Trinajstić information content (AvgIpc) is 3.08. The van der Waals surface area contributed by atoms with Crippen molar-refractivity contribution < 1.29 is 14.3 Å². The maximum Gasteiger partial charge on any atom is 0.302 e. The van der Waals surface area contributed by atoms with Crippen molar-refractivity contribution in [2.75, 3.05) is 5.32 Å². The van der Waals surface area contributed by atoms with Gasteiger partial charge in [0.1, 0.15) is 17.0 Å². The van der Waals surface area contributed by atoms with Crippen molar-refractivity contribution in [1.29, 1.82) is 0 Å². The predicted molar refractivity (Wildman–Crippen MR) is 114 cm³/mol. The van der Waals surface area contributed by atoms with E-state index in [1.165, 1.54) is 0 Å². The number of fused-ring (bicyclic) bond motifs is 2. The fourth-order valence-electron chi connectivity index (χ4n) is 4.20. The number of carbonyl (C=O) groups excluding carboxylic acids is 1. The van der Waals surface area contributed by atoms with E-state index in [1.807, 2.05) is 44.2 Å². The summed E-state index contributed by atoms with van der Waals surface area (Å²) < 4.78 is 5.76. The first-order valence-electron chi connectivity index (χ1n) is 9.90. The molecule has 7 nitrogen and oxygen atoms in total. The number of carbonyl (C=O) groups is 1. The van der Waals surface area contributed by atoms with Crippen LogP contribution in [0.5, 0.6) is 5.75 Å². The number of guanidine groups is 1. The van der Waals surface area contributed by atoms with E-state index >= 15 is 0 Å². The first-order valence-corrected chi connectivity index (χ1v) is 9.90. The van der Waals surface area contributed by atoms with Crippen molar-refractivity contribution in [3.05, 3.63) is 65.9 Å². The van der Waals surface area contributed by atoms with Crippen molar-refractivity contribution in [2.45, 2.75) is 26.3 Å². The van der Waals surface area contributed by atoms with Crippen molar-refractivity contribution in [3.63, 3.8) is 0 Å². The zero-order valence-electron chi connectivity index (χ0n) is 16.7. The van der Waals surface area contributed by atoms with Crippen LogP contribution < -0.4 is 10.6 Å². The Hall–Kier alpha value is -3.61. The summed E-state index contributed by atoms with van der Waals surface area (Å²) in [4.78, 5) is 22.2. The summed E-state index contributed by atoms with van der Waals surface area (Å²) in [5, 5.41) is 16.3. The lowest BCUT2D eigenvalue weighted by molar-refractivity contribution is -0.124. The van der Waals surface area contributed by atoms with E-state index in [0.29, 0.717) is 24.0 Å². The number of phenolic OH excluding ortho intramolecular Hbond substituents is 1. The molecule has 2 aliphatic rings. The molecule has 152 valence electrons. The maximum atomic E-state index is 13.0. The van der Waals surface area contributed by atoms with Crippen LogP contribution in [-0.2, 0) is 4.79 Å². The summed E-state index contributed by atoms with van der Waals surface area (Å²) in [6.07, 6.45) is 2.54. The standard InChI is InChI=1S/C23H22N4O3/c1-23(2)11-16-19(17(29)12-23)20(13-6-5-7-14(28)10-13)26-21(24-16)27-22-25-15-8-3-4-9-18(15)30-22/h3-11,19-20,28H,12H2,1-2H3,(H2,24,25,26,27)/t19-,20-/m0/s1. The Kier molecular flexibility index (Phi) is 4.13. The molecule has 0 amide bonds. The molecule has 1 aliphatic heterocycles. The predicted octanol–water partition coefficient (Wildman–Crippen LogP) is 4.14. The van der Waals surface area contributed by atoms with Crippen molar-refractivity contribution in [1.82, 2.24) is 10.3 Å². The Balaban J connectivity index is 1.56. The Morgan fingerprint density at radius 2 is 2.03 bits per heavy atom. The van der Waals surface area contributed by atoms with Crippen LogP contribution in [0.3, 0.4) is 0 Å². The van der Waals surface area contributed by atoms with Gasteiger partial charge in [0.05, 0.1) is 12.0 Å². The second-order valence-electron chi connectivity index (χ2n) is 8.46. The fourth-order valence-corrected chi connectivity index (χ4v) is 4.20. The molecule has 2 atom stereocenters. The van der Waals surface area contributed by atoms with Crippen LogP contribution in [0.4, 0.5) is 6.01 Å². The molecule has 0 unspecified atom stereocenters. The fraction of sp³-hybridized carbons (Fsp3) is 0.261. The van der Waals surface area contributed by atoms with Gasteiger partial charge < -0.3 is 14.8 Å². The molecule has 0 radical (unpaired) electrons. The highest BCUT2D eigenvalue weighted by Gasteiger charge is 2.42. The molecule has 2 aromatic carbocycles. The van der Waals surface area contributed by atoms with Gasteiger partial charge in [-0.2, -0.15) is 4.98 Å². The Morgan fingerprint density at radius 3 is 2.83 bits per heavy atom. The molecule has 2 heterocycles. The van der Waals surface area contributed by atoms with E-state index < -0.39 is 12.0 Å². The van der Waals surface area contributed by atoms with Crippen molar-refractivity contribution >= 4 is 28.9 Å². The number of rotatable bonds is 2. The third kappa shape index (κ3) is 3.32. The van der Waals surface area contributed by atoms with E-state index in [1.54, 1.807) is 18.2 Å². The molecule has 5 rings (SSSR count). The van der Waals surface area contributed by atoms with Crippen LogP contribution in [-0.4, -0.2) is 21.8 Å². The summed E-state index contributed by atoms with van der Waals surface area (Å²) in [6, 6.07) is 14.3. The average molecular weight is 402 g/mol. The van der Waals surface area contributed by atoms with Crippen molar-refractivity contribution in [2.24, 2.45) is 16.3 Å². The van der Waals surface area contributed by atoms with Gasteiger partial charge in [-0.1, -0.05) is 44.2 Å². The van der Waals surface area contributed by atoms with E-state index in [4.69, 9.17) is 9.41 Å². The molecule has 1 aliphatic carbocycles. The van der Waals surface area contributed by atoms with Gasteiger partial charge in [0.2, 0.25) is 5.96 Å². The monoisotopic (exact) mass is 402 g/mol. The highest BCUT2D eigenvalue weighted by Crippen LogP contribution is 2.43. The van der Waals surface area contributed by atoms with Gasteiger partial charge >= 0.3 is 6.01 Å². The molecule has 3 aromatic rings. The third-order valence-corrected chi connectivity index (χ3v) is 5.44. The van der Waals surface area contributed by atoms with Gasteiger partial charge in [-0.05, 0) is 35.2 Å². The molecule has 0 bridgehead atoms. The number of anilines is 1. The highest BCUT2D eigenvalue weighted by atomic mass is 16.4. The van der Waals surface area contributed by atoms with Crippen LogP contribution in [0, 0.1) is 11.3 Å². The lowest BCUT2D eigenvalue weighted by Gasteiger charge is -2.38.